The first-order valence-electron chi connectivity index (χ1n) is 6.55. The average molecular weight is 279 g/mol. The Morgan fingerprint density at radius 1 is 1.42 bits per heavy atom. The lowest BCUT2D eigenvalue weighted by molar-refractivity contribution is -0.131. The lowest BCUT2D eigenvalue weighted by Gasteiger charge is -2.37. The van der Waals surface area contributed by atoms with E-state index in [1.807, 2.05) is 0 Å². The molecule has 0 aromatic carbocycles. The van der Waals surface area contributed by atoms with Crippen molar-refractivity contribution in [3.05, 3.63) is 21.9 Å². The van der Waals surface area contributed by atoms with Crippen molar-refractivity contribution in [2.24, 2.45) is 0 Å². The van der Waals surface area contributed by atoms with Crippen LogP contribution in [0.3, 0.4) is 0 Å². The maximum atomic E-state index is 11.8. The average Bonchev–Trinajstić information content (AvgIpc) is 2.85. The van der Waals surface area contributed by atoms with Crippen molar-refractivity contribution in [2.45, 2.75) is 25.8 Å². The number of hydrogen-bond donors (Lipinski definition) is 1. The van der Waals surface area contributed by atoms with Gasteiger partial charge in [0.15, 0.2) is 0 Å². The van der Waals surface area contributed by atoms with Gasteiger partial charge in [0, 0.05) is 30.4 Å². The molecule has 0 spiro atoms. The number of fused-ring (bicyclic) bond motifs is 1. The first kappa shape index (κ1) is 12.6. The molecule has 1 fully saturated rings. The summed E-state index contributed by atoms with van der Waals surface area (Å²) in [5, 5.41) is 4.84. The van der Waals surface area contributed by atoms with Gasteiger partial charge in [0.25, 0.3) is 0 Å². The number of nitrogens with zero attached hydrogens (tertiary/aromatic N) is 2. The summed E-state index contributed by atoms with van der Waals surface area (Å²) in [5.41, 5.74) is 1.33. The largest absolute Gasteiger partial charge is 0.337 e. The van der Waals surface area contributed by atoms with E-state index in [2.05, 4.69) is 28.6 Å². The Morgan fingerprint density at radius 3 is 3.05 bits per heavy atom. The van der Waals surface area contributed by atoms with Crippen LogP contribution in [0.4, 0.5) is 4.79 Å². The van der Waals surface area contributed by atoms with Gasteiger partial charge in [-0.3, -0.25) is 14.6 Å². The SMILES string of the molecule is C[C@H]1c2ccsc2CCN1CN1C(=O)CCNC1=O. The summed E-state index contributed by atoms with van der Waals surface area (Å²) in [6.45, 7) is 3.88. The van der Waals surface area contributed by atoms with E-state index in [0.29, 0.717) is 19.6 Å². The van der Waals surface area contributed by atoms with Gasteiger partial charge in [-0.25, -0.2) is 4.79 Å². The number of hydrogen-bond acceptors (Lipinski definition) is 4. The Labute approximate surface area is 116 Å². The lowest BCUT2D eigenvalue weighted by Crippen LogP contribution is -2.54. The molecule has 102 valence electrons. The summed E-state index contributed by atoms with van der Waals surface area (Å²) >= 11 is 1.79. The molecule has 1 saturated heterocycles. The number of nitrogens with one attached hydrogen (secondary N) is 1. The molecule has 6 heteroatoms. The normalized spacial score (nSPS) is 24.3. The first-order chi connectivity index (χ1) is 9.16. The van der Waals surface area contributed by atoms with Crippen LogP contribution in [-0.4, -0.2) is 41.5 Å². The number of carbonyl (C=O) groups excluding carboxylic acids is 2. The predicted molar refractivity (Wildman–Crippen MR) is 72.9 cm³/mol. The van der Waals surface area contributed by atoms with Gasteiger partial charge in [-0.1, -0.05) is 0 Å². The third-order valence-corrected chi connectivity index (χ3v) is 4.88. The Kier molecular flexibility index (Phi) is 3.28. The molecule has 0 unspecified atom stereocenters. The zero-order valence-electron chi connectivity index (χ0n) is 10.9. The van der Waals surface area contributed by atoms with E-state index in [4.69, 9.17) is 0 Å². The molecule has 19 heavy (non-hydrogen) atoms. The van der Waals surface area contributed by atoms with E-state index < -0.39 is 0 Å². The molecule has 3 heterocycles. The van der Waals surface area contributed by atoms with E-state index in [0.717, 1.165) is 13.0 Å². The third kappa shape index (κ3) is 2.26. The Bertz CT molecular complexity index is 498. The molecule has 0 bridgehead atoms. The van der Waals surface area contributed by atoms with Crippen molar-refractivity contribution in [3.63, 3.8) is 0 Å². The smallest absolute Gasteiger partial charge is 0.325 e. The van der Waals surface area contributed by atoms with Crippen molar-refractivity contribution in [1.82, 2.24) is 15.1 Å². The zero-order chi connectivity index (χ0) is 13.4. The fourth-order valence-electron chi connectivity index (χ4n) is 2.70. The number of rotatable bonds is 2. The topological polar surface area (TPSA) is 52.6 Å². The van der Waals surface area contributed by atoms with Crippen LogP contribution in [0.2, 0.25) is 0 Å². The van der Waals surface area contributed by atoms with Gasteiger partial charge in [0.2, 0.25) is 5.91 Å². The molecule has 5 nitrogen and oxygen atoms in total. The summed E-state index contributed by atoms with van der Waals surface area (Å²) in [7, 11) is 0. The van der Waals surface area contributed by atoms with Crippen LogP contribution in [0.1, 0.15) is 29.8 Å². The van der Waals surface area contributed by atoms with Crippen LogP contribution in [0.5, 0.6) is 0 Å². The zero-order valence-corrected chi connectivity index (χ0v) is 11.7. The molecule has 0 saturated carbocycles. The molecular formula is C13H17N3O2S. The van der Waals surface area contributed by atoms with Crippen LogP contribution >= 0.6 is 11.3 Å². The van der Waals surface area contributed by atoms with Crippen LogP contribution in [0.25, 0.3) is 0 Å². The molecule has 1 aromatic rings. The Balaban J connectivity index is 1.74. The second-order valence-electron chi connectivity index (χ2n) is 4.98. The second-order valence-corrected chi connectivity index (χ2v) is 5.98. The van der Waals surface area contributed by atoms with Crippen molar-refractivity contribution in [1.29, 1.82) is 0 Å². The number of carbonyl (C=O) groups is 2. The van der Waals surface area contributed by atoms with Gasteiger partial charge in [-0.05, 0) is 30.4 Å². The van der Waals surface area contributed by atoms with Crippen LogP contribution in [0.15, 0.2) is 11.4 Å². The second kappa shape index (κ2) is 4.94. The van der Waals surface area contributed by atoms with Crippen LogP contribution in [-0.2, 0) is 11.2 Å². The maximum absolute atomic E-state index is 11.8. The minimum atomic E-state index is -0.264. The molecule has 0 radical (unpaired) electrons. The third-order valence-electron chi connectivity index (χ3n) is 3.89. The summed E-state index contributed by atoms with van der Waals surface area (Å²) < 4.78 is 0. The number of thiophene rings is 1. The predicted octanol–water partition coefficient (Wildman–Crippen LogP) is 1.57. The molecule has 2 aliphatic heterocycles. The first-order valence-corrected chi connectivity index (χ1v) is 7.43. The highest BCUT2D eigenvalue weighted by atomic mass is 32.1. The molecule has 3 amide bonds. The van der Waals surface area contributed by atoms with Crippen molar-refractivity contribution in [2.75, 3.05) is 19.8 Å². The number of amides is 3. The standard InChI is InChI=1S/C13H17N3O2S/c1-9-10-4-7-19-11(10)3-6-15(9)8-16-12(17)2-5-14-13(16)18/h4,7,9H,2-3,5-6,8H2,1H3,(H,14,18)/t9-/m0/s1. The molecule has 1 atom stereocenters. The molecule has 1 N–H and O–H groups in total. The van der Waals surface area contributed by atoms with E-state index in [1.165, 1.54) is 15.3 Å². The fourth-order valence-corrected chi connectivity index (χ4v) is 3.66. The van der Waals surface area contributed by atoms with Gasteiger partial charge in [-0.2, -0.15) is 0 Å². The summed E-state index contributed by atoms with van der Waals surface area (Å²) in [6.07, 6.45) is 1.40. The Hall–Kier alpha value is -1.40. The van der Waals surface area contributed by atoms with Gasteiger partial charge < -0.3 is 5.32 Å². The highest BCUT2D eigenvalue weighted by molar-refractivity contribution is 7.10. The lowest BCUT2D eigenvalue weighted by atomic mass is 10.0. The van der Waals surface area contributed by atoms with Crippen molar-refractivity contribution >= 4 is 23.3 Å². The van der Waals surface area contributed by atoms with Gasteiger partial charge >= 0.3 is 6.03 Å². The van der Waals surface area contributed by atoms with Crippen LogP contribution in [0, 0.1) is 0 Å². The van der Waals surface area contributed by atoms with Gasteiger partial charge in [-0.15, -0.1) is 11.3 Å². The molecule has 3 rings (SSSR count). The highest BCUT2D eigenvalue weighted by Gasteiger charge is 2.31. The van der Waals surface area contributed by atoms with E-state index >= 15 is 0 Å². The van der Waals surface area contributed by atoms with Gasteiger partial charge in [0.05, 0.1) is 6.67 Å². The minimum Gasteiger partial charge on any atom is -0.337 e. The molecule has 2 aliphatic rings. The minimum absolute atomic E-state index is 0.0768. The monoisotopic (exact) mass is 279 g/mol. The fraction of sp³-hybridized carbons (Fsp3) is 0.538. The maximum Gasteiger partial charge on any atom is 0.325 e. The summed E-state index contributed by atoms with van der Waals surface area (Å²) in [4.78, 5) is 28.5. The van der Waals surface area contributed by atoms with E-state index in [-0.39, 0.29) is 18.0 Å². The summed E-state index contributed by atoms with van der Waals surface area (Å²) in [6, 6.07) is 2.15. The van der Waals surface area contributed by atoms with Crippen LogP contribution < -0.4 is 5.32 Å². The van der Waals surface area contributed by atoms with Gasteiger partial charge in [0.1, 0.15) is 0 Å². The summed E-state index contributed by atoms with van der Waals surface area (Å²) in [5.74, 6) is -0.0768. The Morgan fingerprint density at radius 2 is 2.26 bits per heavy atom. The molecule has 0 aliphatic carbocycles. The quantitative estimate of drug-likeness (QED) is 0.894. The number of imide groups is 1. The van der Waals surface area contributed by atoms with E-state index in [9.17, 15) is 9.59 Å². The van der Waals surface area contributed by atoms with Crippen molar-refractivity contribution in [3.8, 4) is 0 Å². The number of urea groups is 1. The highest BCUT2D eigenvalue weighted by Crippen LogP contribution is 2.32. The molecule has 1 aromatic heterocycles. The van der Waals surface area contributed by atoms with Crippen molar-refractivity contribution < 1.29 is 9.59 Å². The van der Waals surface area contributed by atoms with E-state index in [1.54, 1.807) is 11.3 Å². The molecular weight excluding hydrogens is 262 g/mol.